The van der Waals surface area contributed by atoms with Crippen LogP contribution in [0.5, 0.6) is 0 Å². The van der Waals surface area contributed by atoms with E-state index in [0.717, 1.165) is 22.3 Å². The number of benzene rings is 2. The minimum Gasteiger partial charge on any atom is -0.408 e. The van der Waals surface area contributed by atoms with Crippen molar-refractivity contribution in [2.24, 2.45) is 0 Å². The summed E-state index contributed by atoms with van der Waals surface area (Å²) in [6.45, 7) is 2.26. The number of amides is 1. The second kappa shape index (κ2) is 5.98. The zero-order valence-corrected chi connectivity index (χ0v) is 13.7. The Hall–Kier alpha value is -3.28. The molecule has 6 nitrogen and oxygen atoms in total. The number of fused-ring (bicyclic) bond motifs is 2. The molecule has 0 spiro atoms. The fourth-order valence-corrected chi connectivity index (χ4v) is 3.02. The average molecular weight is 335 g/mol. The summed E-state index contributed by atoms with van der Waals surface area (Å²) in [7, 11) is 0. The van der Waals surface area contributed by atoms with E-state index in [1.807, 2.05) is 37.3 Å². The van der Waals surface area contributed by atoms with E-state index in [4.69, 9.17) is 4.42 Å². The molecule has 2 aromatic carbocycles. The van der Waals surface area contributed by atoms with Crippen molar-refractivity contribution < 1.29 is 9.21 Å². The van der Waals surface area contributed by atoms with E-state index >= 15 is 0 Å². The minimum absolute atomic E-state index is 0.149. The van der Waals surface area contributed by atoms with E-state index in [1.165, 1.54) is 4.57 Å². The van der Waals surface area contributed by atoms with Gasteiger partial charge in [-0.2, -0.15) is 0 Å². The number of carbonyl (C=O) groups is 1. The number of rotatable bonds is 4. The number of H-pyrrole nitrogens is 1. The third kappa shape index (κ3) is 2.94. The van der Waals surface area contributed by atoms with Gasteiger partial charge in [-0.05, 0) is 43.3 Å². The Kier molecular flexibility index (Phi) is 3.65. The monoisotopic (exact) mass is 335 g/mol. The number of aromatic nitrogens is 2. The van der Waals surface area contributed by atoms with Crippen LogP contribution in [0, 0.1) is 6.92 Å². The molecule has 4 rings (SSSR count). The summed E-state index contributed by atoms with van der Waals surface area (Å²) in [5, 5.41) is 3.92. The molecule has 4 aromatic rings. The Labute approximate surface area is 143 Å². The Bertz CT molecular complexity index is 1130. The van der Waals surface area contributed by atoms with Gasteiger partial charge in [0.1, 0.15) is 0 Å². The van der Waals surface area contributed by atoms with E-state index < -0.39 is 5.76 Å². The summed E-state index contributed by atoms with van der Waals surface area (Å²) < 4.78 is 6.65. The molecule has 0 aliphatic rings. The smallest absolute Gasteiger partial charge is 0.408 e. The van der Waals surface area contributed by atoms with Crippen LogP contribution in [0.25, 0.3) is 22.0 Å². The predicted octanol–water partition coefficient (Wildman–Crippen LogP) is 3.41. The fourth-order valence-electron chi connectivity index (χ4n) is 3.02. The number of nitrogens with zero attached hydrogens (tertiary/aromatic N) is 1. The number of anilines is 1. The molecule has 0 fully saturated rings. The molecule has 0 saturated heterocycles. The van der Waals surface area contributed by atoms with Crippen LogP contribution in [0.1, 0.15) is 12.1 Å². The van der Waals surface area contributed by atoms with Gasteiger partial charge in [0.2, 0.25) is 5.91 Å². The van der Waals surface area contributed by atoms with Crippen molar-refractivity contribution in [3.05, 3.63) is 64.8 Å². The first-order valence-corrected chi connectivity index (χ1v) is 8.08. The quantitative estimate of drug-likeness (QED) is 0.600. The molecule has 6 heteroatoms. The molecule has 126 valence electrons. The summed E-state index contributed by atoms with van der Waals surface area (Å²) in [5.41, 5.74) is 4.07. The first kappa shape index (κ1) is 15.3. The number of hydrogen-bond acceptors (Lipinski definition) is 3. The van der Waals surface area contributed by atoms with Crippen molar-refractivity contribution in [2.45, 2.75) is 19.9 Å². The highest BCUT2D eigenvalue weighted by molar-refractivity contribution is 5.94. The van der Waals surface area contributed by atoms with Crippen LogP contribution >= 0.6 is 0 Å². The van der Waals surface area contributed by atoms with Gasteiger partial charge in [0, 0.05) is 35.2 Å². The van der Waals surface area contributed by atoms with E-state index in [2.05, 4.69) is 10.3 Å². The summed E-state index contributed by atoms with van der Waals surface area (Å²) >= 11 is 0. The topological polar surface area (TPSA) is 80.0 Å². The molecule has 0 aliphatic carbocycles. The molecule has 0 unspecified atom stereocenters. The standard InChI is InChI=1S/C19H17N3O3/c1-12-10-13-11-14(6-7-15(13)20-12)21-18(23)8-9-22-16-4-2-3-5-17(16)25-19(22)24/h2-7,10-11,20H,8-9H2,1H3,(H,21,23). The molecule has 0 radical (unpaired) electrons. The molecule has 0 atom stereocenters. The van der Waals surface area contributed by atoms with E-state index in [-0.39, 0.29) is 18.9 Å². The van der Waals surface area contributed by atoms with Crippen LogP contribution in [0.4, 0.5) is 5.69 Å². The average Bonchev–Trinajstić information content (AvgIpc) is 3.10. The van der Waals surface area contributed by atoms with Gasteiger partial charge in [-0.1, -0.05) is 12.1 Å². The molecule has 0 saturated carbocycles. The Morgan fingerprint density at radius 1 is 1.20 bits per heavy atom. The zero-order valence-electron chi connectivity index (χ0n) is 13.7. The van der Waals surface area contributed by atoms with E-state index in [0.29, 0.717) is 11.1 Å². The first-order valence-electron chi connectivity index (χ1n) is 8.08. The van der Waals surface area contributed by atoms with Gasteiger partial charge in [-0.3, -0.25) is 9.36 Å². The fraction of sp³-hybridized carbons (Fsp3) is 0.158. The molecular formula is C19H17N3O3. The van der Waals surface area contributed by atoms with Crippen molar-refractivity contribution in [3.63, 3.8) is 0 Å². The minimum atomic E-state index is -0.446. The van der Waals surface area contributed by atoms with Gasteiger partial charge in [0.15, 0.2) is 5.58 Å². The summed E-state index contributed by atoms with van der Waals surface area (Å²) in [4.78, 5) is 27.4. The number of para-hydroxylation sites is 2. The normalized spacial score (nSPS) is 11.2. The Morgan fingerprint density at radius 2 is 2.04 bits per heavy atom. The van der Waals surface area contributed by atoms with Gasteiger partial charge in [-0.25, -0.2) is 4.79 Å². The highest BCUT2D eigenvalue weighted by Crippen LogP contribution is 2.20. The molecule has 25 heavy (non-hydrogen) atoms. The molecular weight excluding hydrogens is 318 g/mol. The number of aryl methyl sites for hydroxylation is 2. The Balaban J connectivity index is 1.47. The number of oxazole rings is 1. The lowest BCUT2D eigenvalue weighted by Crippen LogP contribution is -2.19. The molecule has 2 N–H and O–H groups in total. The van der Waals surface area contributed by atoms with Crippen LogP contribution in [0.15, 0.2) is 57.7 Å². The molecule has 2 heterocycles. The second-order valence-corrected chi connectivity index (χ2v) is 6.04. The van der Waals surface area contributed by atoms with Crippen molar-refractivity contribution >= 4 is 33.6 Å². The van der Waals surface area contributed by atoms with Crippen LogP contribution < -0.4 is 11.1 Å². The second-order valence-electron chi connectivity index (χ2n) is 6.04. The van der Waals surface area contributed by atoms with Crippen LogP contribution in [0.2, 0.25) is 0 Å². The number of hydrogen-bond donors (Lipinski definition) is 2. The van der Waals surface area contributed by atoms with Crippen LogP contribution in [0.3, 0.4) is 0 Å². The first-order chi connectivity index (χ1) is 12.1. The maximum absolute atomic E-state index is 12.2. The van der Waals surface area contributed by atoms with Crippen molar-refractivity contribution in [1.82, 2.24) is 9.55 Å². The van der Waals surface area contributed by atoms with Crippen LogP contribution in [-0.4, -0.2) is 15.5 Å². The third-order valence-corrected chi connectivity index (χ3v) is 4.18. The lowest BCUT2D eigenvalue weighted by atomic mass is 10.2. The summed E-state index contributed by atoms with van der Waals surface area (Å²) in [6, 6.07) is 14.9. The zero-order chi connectivity index (χ0) is 17.4. The molecule has 0 bridgehead atoms. The molecule has 1 amide bonds. The molecule has 0 aliphatic heterocycles. The van der Waals surface area contributed by atoms with E-state index in [9.17, 15) is 9.59 Å². The van der Waals surface area contributed by atoms with Gasteiger partial charge in [0.05, 0.1) is 5.52 Å². The number of carbonyl (C=O) groups excluding carboxylic acids is 1. The molecule has 2 aromatic heterocycles. The summed E-state index contributed by atoms with van der Waals surface area (Å²) in [6.07, 6.45) is 0.188. The highest BCUT2D eigenvalue weighted by atomic mass is 16.4. The van der Waals surface area contributed by atoms with Gasteiger partial charge < -0.3 is 14.7 Å². The number of nitrogens with one attached hydrogen (secondary N) is 2. The largest absolute Gasteiger partial charge is 0.419 e. The Morgan fingerprint density at radius 3 is 2.92 bits per heavy atom. The van der Waals surface area contributed by atoms with Gasteiger partial charge >= 0.3 is 5.76 Å². The van der Waals surface area contributed by atoms with Crippen LogP contribution in [-0.2, 0) is 11.3 Å². The predicted molar refractivity (Wildman–Crippen MR) is 96.8 cm³/mol. The SMILES string of the molecule is Cc1cc2cc(NC(=O)CCn3c(=O)oc4ccccc43)ccc2[nH]1. The summed E-state index contributed by atoms with van der Waals surface area (Å²) in [5.74, 6) is -0.595. The van der Waals surface area contributed by atoms with E-state index in [1.54, 1.807) is 18.2 Å². The van der Waals surface area contributed by atoms with Crippen molar-refractivity contribution in [1.29, 1.82) is 0 Å². The maximum Gasteiger partial charge on any atom is 0.419 e. The highest BCUT2D eigenvalue weighted by Gasteiger charge is 2.11. The third-order valence-electron chi connectivity index (χ3n) is 4.18. The van der Waals surface area contributed by atoms with Crippen molar-refractivity contribution in [2.75, 3.05) is 5.32 Å². The van der Waals surface area contributed by atoms with Crippen molar-refractivity contribution in [3.8, 4) is 0 Å². The number of aromatic amines is 1. The maximum atomic E-state index is 12.2. The lowest BCUT2D eigenvalue weighted by molar-refractivity contribution is -0.116. The lowest BCUT2D eigenvalue weighted by Gasteiger charge is -2.06. The van der Waals surface area contributed by atoms with Gasteiger partial charge in [0.25, 0.3) is 0 Å². The van der Waals surface area contributed by atoms with Gasteiger partial charge in [-0.15, -0.1) is 0 Å².